The van der Waals surface area contributed by atoms with E-state index in [0.29, 0.717) is 43.2 Å². The Balaban J connectivity index is 1.57. The van der Waals surface area contributed by atoms with Crippen molar-refractivity contribution in [3.63, 3.8) is 0 Å². The molecule has 10 heteroatoms. The van der Waals surface area contributed by atoms with Gasteiger partial charge in [0, 0.05) is 37.8 Å². The van der Waals surface area contributed by atoms with E-state index in [-0.39, 0.29) is 48.5 Å². The Labute approximate surface area is 283 Å². The van der Waals surface area contributed by atoms with E-state index in [9.17, 15) is 24.6 Å². The van der Waals surface area contributed by atoms with Crippen molar-refractivity contribution in [3.05, 3.63) is 95.1 Å². The number of nitrogens with one attached hydrogen (secondary N) is 1. The fraction of sp³-hybridized carbons (Fsp3) is 0.447. The summed E-state index contributed by atoms with van der Waals surface area (Å²) >= 11 is 0. The normalized spacial score (nSPS) is 19.9. The zero-order chi connectivity index (χ0) is 34.6. The first kappa shape index (κ1) is 36.6. The Morgan fingerprint density at radius 2 is 1.75 bits per heavy atom. The summed E-state index contributed by atoms with van der Waals surface area (Å²) in [6, 6.07) is 21.0. The molecule has 48 heavy (non-hydrogen) atoms. The van der Waals surface area contributed by atoms with Crippen LogP contribution in [0.25, 0.3) is 0 Å². The van der Waals surface area contributed by atoms with Gasteiger partial charge in [0.2, 0.25) is 5.91 Å². The Morgan fingerprint density at radius 3 is 2.44 bits per heavy atom. The number of carbonyl (C=O) groups is 3. The smallest absolute Gasteiger partial charge is 0.335 e. The predicted molar refractivity (Wildman–Crippen MR) is 185 cm³/mol. The van der Waals surface area contributed by atoms with Gasteiger partial charge in [-0.15, -0.1) is 0 Å². The Bertz CT molecular complexity index is 1500. The second kappa shape index (κ2) is 17.8. The maximum atomic E-state index is 14.4. The molecule has 0 bridgehead atoms. The lowest BCUT2D eigenvalue weighted by Gasteiger charge is -2.36. The zero-order valence-corrected chi connectivity index (χ0v) is 28.4. The molecular formula is C38H49N3O7. The summed E-state index contributed by atoms with van der Waals surface area (Å²) in [5, 5.41) is 22.4. The van der Waals surface area contributed by atoms with Gasteiger partial charge in [0.1, 0.15) is 5.75 Å². The lowest BCUT2D eigenvalue weighted by Crippen LogP contribution is -2.47. The second-order valence-corrected chi connectivity index (χ2v) is 12.9. The average molecular weight is 660 g/mol. The zero-order valence-electron chi connectivity index (χ0n) is 28.4. The number of fused-ring (bicyclic) bond motifs is 1. The van der Waals surface area contributed by atoms with E-state index in [2.05, 4.69) is 17.1 Å². The molecule has 258 valence electrons. The molecule has 4 rings (SSSR count). The number of carboxylic acid groups (broad SMARTS) is 1. The van der Waals surface area contributed by atoms with E-state index < -0.39 is 12.0 Å². The highest BCUT2D eigenvalue weighted by Crippen LogP contribution is 2.29. The van der Waals surface area contributed by atoms with Crippen LogP contribution >= 0.6 is 0 Å². The molecule has 1 heterocycles. The monoisotopic (exact) mass is 659 g/mol. The predicted octanol–water partition coefficient (Wildman–Crippen LogP) is 5.49. The van der Waals surface area contributed by atoms with Crippen molar-refractivity contribution in [2.24, 2.45) is 5.92 Å². The molecular weight excluding hydrogens is 610 g/mol. The number of hydrogen-bond donors (Lipinski definition) is 3. The molecule has 2 amide bonds. The highest BCUT2D eigenvalue weighted by Gasteiger charge is 2.30. The van der Waals surface area contributed by atoms with Crippen molar-refractivity contribution in [2.75, 3.05) is 38.7 Å². The van der Waals surface area contributed by atoms with Crippen LogP contribution in [0, 0.1) is 5.92 Å². The van der Waals surface area contributed by atoms with Gasteiger partial charge < -0.3 is 29.9 Å². The van der Waals surface area contributed by atoms with Crippen LogP contribution < -0.4 is 10.1 Å². The van der Waals surface area contributed by atoms with Gasteiger partial charge in [-0.2, -0.15) is 0 Å². The van der Waals surface area contributed by atoms with Gasteiger partial charge in [-0.3, -0.25) is 14.5 Å². The van der Waals surface area contributed by atoms with Crippen LogP contribution in [-0.2, 0) is 22.5 Å². The number of carbonyl (C=O) groups excluding carboxylic acids is 2. The first-order chi connectivity index (χ1) is 23.0. The maximum Gasteiger partial charge on any atom is 0.335 e. The van der Waals surface area contributed by atoms with Gasteiger partial charge in [-0.25, -0.2) is 4.79 Å². The summed E-state index contributed by atoms with van der Waals surface area (Å²) in [5.74, 6) is -1.11. The minimum Gasteiger partial charge on any atom is -0.490 e. The van der Waals surface area contributed by atoms with Crippen LogP contribution in [0.4, 0.5) is 5.69 Å². The number of likely N-dealkylation sites (N-methyl/N-ethyl adjacent to an activating group) is 1. The van der Waals surface area contributed by atoms with Crippen LogP contribution in [-0.4, -0.2) is 89.4 Å². The lowest BCUT2D eigenvalue weighted by molar-refractivity contribution is -0.115. The molecule has 0 saturated carbocycles. The molecule has 4 atom stereocenters. The number of carboxylic acids is 1. The molecule has 10 nitrogen and oxygen atoms in total. The number of amides is 2. The Kier molecular flexibility index (Phi) is 13.5. The molecule has 0 unspecified atom stereocenters. The molecule has 0 aliphatic carbocycles. The van der Waals surface area contributed by atoms with Gasteiger partial charge in [0.15, 0.2) is 0 Å². The lowest BCUT2D eigenvalue weighted by atomic mass is 10.0. The molecule has 1 aliphatic heterocycles. The number of aliphatic hydroxyl groups excluding tert-OH is 1. The number of nitrogens with zero attached hydrogens (tertiary/aromatic N) is 2. The standard InChI is InChI=1S/C38H49N3O7/c1-26-22-41(27(2)25-42)37(44)33-21-32(39-36(43)20-29-11-6-5-7-12-29)17-18-34(33)48-28(3)10-8-9-19-47-35(26)24-40(4)23-30-13-15-31(16-14-30)38(45)46/h5-7,11-18,21,26-28,35,42H,8-10,19-20,22-25H2,1-4H3,(H,39,43)(H,45,46)/t26-,27+,28-,35-/m0/s1. The van der Waals surface area contributed by atoms with Crippen LogP contribution in [0.5, 0.6) is 5.75 Å². The minimum atomic E-state index is -0.958. The number of aromatic carboxylic acids is 1. The average Bonchev–Trinajstić information content (AvgIpc) is 3.06. The van der Waals surface area contributed by atoms with Crippen molar-refractivity contribution < 1.29 is 34.1 Å². The number of aliphatic hydroxyl groups is 1. The third-order valence-electron chi connectivity index (χ3n) is 8.69. The van der Waals surface area contributed by atoms with Crippen LogP contribution in [0.15, 0.2) is 72.8 Å². The van der Waals surface area contributed by atoms with E-state index in [4.69, 9.17) is 9.47 Å². The summed E-state index contributed by atoms with van der Waals surface area (Å²) in [4.78, 5) is 42.3. The number of ether oxygens (including phenoxy) is 2. The highest BCUT2D eigenvalue weighted by molar-refractivity contribution is 6.00. The molecule has 3 aromatic carbocycles. The van der Waals surface area contributed by atoms with Crippen molar-refractivity contribution in [1.29, 1.82) is 0 Å². The summed E-state index contributed by atoms with van der Waals surface area (Å²) in [6.07, 6.45) is 2.35. The summed E-state index contributed by atoms with van der Waals surface area (Å²) < 4.78 is 12.8. The van der Waals surface area contributed by atoms with E-state index in [1.165, 1.54) is 0 Å². The first-order valence-electron chi connectivity index (χ1n) is 16.7. The van der Waals surface area contributed by atoms with Crippen molar-refractivity contribution in [1.82, 2.24) is 9.80 Å². The maximum absolute atomic E-state index is 14.4. The second-order valence-electron chi connectivity index (χ2n) is 12.9. The molecule has 3 N–H and O–H groups in total. The molecule has 0 aromatic heterocycles. The third-order valence-corrected chi connectivity index (χ3v) is 8.69. The SMILES string of the molecule is C[C@H](CO)N1C[C@H](C)[C@H](CN(C)Cc2ccc(C(=O)O)cc2)OCCCC[C@H](C)Oc2ccc(NC(=O)Cc3ccccc3)cc2C1=O. The topological polar surface area (TPSA) is 129 Å². The van der Waals surface area contributed by atoms with Gasteiger partial charge in [-0.1, -0.05) is 49.4 Å². The quantitative estimate of drug-likeness (QED) is 0.261. The van der Waals surface area contributed by atoms with Gasteiger partial charge in [0.25, 0.3) is 5.91 Å². The molecule has 0 fully saturated rings. The molecule has 0 saturated heterocycles. The van der Waals surface area contributed by atoms with Gasteiger partial charge in [-0.05, 0) is 81.6 Å². The first-order valence-corrected chi connectivity index (χ1v) is 16.7. The Hall–Kier alpha value is -4.25. The van der Waals surface area contributed by atoms with Crippen LogP contribution in [0.3, 0.4) is 0 Å². The summed E-state index contributed by atoms with van der Waals surface area (Å²) in [7, 11) is 1.99. The fourth-order valence-electron chi connectivity index (χ4n) is 5.89. The van der Waals surface area contributed by atoms with Crippen molar-refractivity contribution >= 4 is 23.5 Å². The van der Waals surface area contributed by atoms with Crippen LogP contribution in [0.2, 0.25) is 0 Å². The van der Waals surface area contributed by atoms with Crippen molar-refractivity contribution in [2.45, 2.75) is 71.2 Å². The van der Waals surface area contributed by atoms with Crippen molar-refractivity contribution in [3.8, 4) is 5.75 Å². The van der Waals surface area contributed by atoms with Crippen LogP contribution in [0.1, 0.15) is 71.9 Å². The highest BCUT2D eigenvalue weighted by atomic mass is 16.5. The number of rotatable bonds is 10. The largest absolute Gasteiger partial charge is 0.490 e. The number of benzene rings is 3. The summed E-state index contributed by atoms with van der Waals surface area (Å²) in [6.45, 7) is 7.69. The van der Waals surface area contributed by atoms with Gasteiger partial charge >= 0.3 is 5.97 Å². The van der Waals surface area contributed by atoms with E-state index in [1.54, 1.807) is 35.2 Å². The van der Waals surface area contributed by atoms with E-state index in [1.807, 2.05) is 63.4 Å². The van der Waals surface area contributed by atoms with E-state index >= 15 is 0 Å². The van der Waals surface area contributed by atoms with Gasteiger partial charge in [0.05, 0.1) is 42.4 Å². The summed E-state index contributed by atoms with van der Waals surface area (Å²) in [5.41, 5.74) is 2.93. The fourth-order valence-corrected chi connectivity index (χ4v) is 5.89. The molecule has 0 spiro atoms. The van der Waals surface area contributed by atoms with E-state index in [0.717, 1.165) is 30.4 Å². The number of anilines is 1. The Morgan fingerprint density at radius 1 is 1.02 bits per heavy atom. The minimum absolute atomic E-state index is 0.0974. The third kappa shape index (κ3) is 10.6. The molecule has 0 radical (unpaired) electrons. The molecule has 1 aliphatic rings. The number of hydrogen-bond acceptors (Lipinski definition) is 7. The molecule has 3 aromatic rings.